The zero-order valence-corrected chi connectivity index (χ0v) is 9.50. The van der Waals surface area contributed by atoms with Crippen LogP contribution in [0.5, 0.6) is 0 Å². The molecule has 0 saturated heterocycles. The van der Waals surface area contributed by atoms with Crippen LogP contribution in [0.1, 0.15) is 46.0 Å². The molecule has 0 amide bonds. The summed E-state index contributed by atoms with van der Waals surface area (Å²) in [6, 6.07) is 0.464. The number of nitrogens with two attached hydrogens (primary N) is 3. The van der Waals surface area contributed by atoms with Gasteiger partial charge in [-0.3, -0.25) is 0 Å². The van der Waals surface area contributed by atoms with E-state index in [2.05, 4.69) is 0 Å². The van der Waals surface area contributed by atoms with Gasteiger partial charge in [-0.25, -0.2) is 0 Å². The monoisotopic (exact) mass is 199 g/mol. The van der Waals surface area contributed by atoms with Gasteiger partial charge in [-0.05, 0) is 39.0 Å². The SMILES string of the molecule is CC(C)(N)CC(N)C1CCCCC1N. The Morgan fingerprint density at radius 1 is 1.29 bits per heavy atom. The molecular weight excluding hydrogens is 174 g/mol. The molecule has 1 saturated carbocycles. The Balaban J connectivity index is 2.46. The molecule has 1 rings (SSSR count). The molecule has 3 unspecified atom stereocenters. The Kier molecular flexibility index (Phi) is 3.93. The van der Waals surface area contributed by atoms with Crippen molar-refractivity contribution in [3.63, 3.8) is 0 Å². The summed E-state index contributed by atoms with van der Waals surface area (Å²) in [5.74, 6) is 0.478. The number of rotatable bonds is 3. The van der Waals surface area contributed by atoms with E-state index in [0.717, 1.165) is 12.8 Å². The number of hydrogen-bond acceptors (Lipinski definition) is 3. The van der Waals surface area contributed by atoms with E-state index in [-0.39, 0.29) is 11.6 Å². The van der Waals surface area contributed by atoms with Crippen molar-refractivity contribution >= 4 is 0 Å². The highest BCUT2D eigenvalue weighted by Gasteiger charge is 2.29. The lowest BCUT2D eigenvalue weighted by Gasteiger charge is -2.35. The van der Waals surface area contributed by atoms with Crippen molar-refractivity contribution in [1.82, 2.24) is 0 Å². The van der Waals surface area contributed by atoms with Crippen molar-refractivity contribution in [2.24, 2.45) is 23.1 Å². The third-order valence-electron chi connectivity index (χ3n) is 3.19. The van der Waals surface area contributed by atoms with Gasteiger partial charge < -0.3 is 17.2 Å². The molecule has 0 aliphatic heterocycles. The summed E-state index contributed by atoms with van der Waals surface area (Å²) in [7, 11) is 0. The molecule has 0 aromatic carbocycles. The highest BCUT2D eigenvalue weighted by atomic mass is 14.8. The first-order chi connectivity index (χ1) is 6.40. The first kappa shape index (κ1) is 12.0. The van der Waals surface area contributed by atoms with Gasteiger partial charge in [0.25, 0.3) is 0 Å². The Morgan fingerprint density at radius 3 is 2.36 bits per heavy atom. The molecule has 3 nitrogen and oxygen atoms in total. The Labute approximate surface area is 87.4 Å². The highest BCUT2D eigenvalue weighted by molar-refractivity contribution is 4.89. The smallest absolute Gasteiger partial charge is 0.0112 e. The van der Waals surface area contributed by atoms with Crippen LogP contribution in [-0.2, 0) is 0 Å². The third kappa shape index (κ3) is 3.56. The van der Waals surface area contributed by atoms with Crippen LogP contribution in [0.15, 0.2) is 0 Å². The summed E-state index contributed by atoms with van der Waals surface area (Å²) in [5.41, 5.74) is 18.0. The quantitative estimate of drug-likeness (QED) is 0.633. The van der Waals surface area contributed by atoms with Gasteiger partial charge in [0.05, 0.1) is 0 Å². The highest BCUT2D eigenvalue weighted by Crippen LogP contribution is 2.27. The van der Waals surface area contributed by atoms with Crippen molar-refractivity contribution in [2.75, 3.05) is 0 Å². The van der Waals surface area contributed by atoms with E-state index in [1.165, 1.54) is 19.3 Å². The molecule has 84 valence electrons. The molecule has 0 aromatic heterocycles. The zero-order valence-electron chi connectivity index (χ0n) is 9.50. The molecular formula is C11H25N3. The van der Waals surface area contributed by atoms with Crippen molar-refractivity contribution in [3.8, 4) is 0 Å². The minimum absolute atomic E-state index is 0.170. The summed E-state index contributed by atoms with van der Waals surface area (Å²) >= 11 is 0. The fourth-order valence-corrected chi connectivity index (χ4v) is 2.48. The maximum absolute atomic E-state index is 6.16. The standard InChI is InChI=1S/C11H25N3/c1-11(2,14)7-10(13)8-5-3-4-6-9(8)12/h8-10H,3-7,12-14H2,1-2H3. The van der Waals surface area contributed by atoms with Crippen molar-refractivity contribution in [3.05, 3.63) is 0 Å². The van der Waals surface area contributed by atoms with Crippen molar-refractivity contribution in [1.29, 1.82) is 0 Å². The molecule has 6 N–H and O–H groups in total. The van der Waals surface area contributed by atoms with Crippen LogP contribution in [0, 0.1) is 5.92 Å². The van der Waals surface area contributed by atoms with Crippen LogP contribution in [0.3, 0.4) is 0 Å². The minimum Gasteiger partial charge on any atom is -0.327 e. The van der Waals surface area contributed by atoms with E-state index < -0.39 is 0 Å². The van der Waals surface area contributed by atoms with Gasteiger partial charge >= 0.3 is 0 Å². The predicted octanol–water partition coefficient (Wildman–Crippen LogP) is 0.959. The second-order valence-electron chi connectivity index (χ2n) is 5.47. The van der Waals surface area contributed by atoms with Gasteiger partial charge in [0.2, 0.25) is 0 Å². The summed E-state index contributed by atoms with van der Waals surface area (Å²) in [6.07, 6.45) is 5.71. The molecule has 0 spiro atoms. The van der Waals surface area contributed by atoms with E-state index in [0.29, 0.717) is 12.0 Å². The van der Waals surface area contributed by atoms with Crippen molar-refractivity contribution in [2.45, 2.75) is 63.6 Å². The Morgan fingerprint density at radius 2 is 1.86 bits per heavy atom. The van der Waals surface area contributed by atoms with E-state index in [4.69, 9.17) is 17.2 Å². The van der Waals surface area contributed by atoms with Crippen LogP contribution in [0.25, 0.3) is 0 Å². The third-order valence-corrected chi connectivity index (χ3v) is 3.19. The fraction of sp³-hybridized carbons (Fsp3) is 1.00. The largest absolute Gasteiger partial charge is 0.327 e. The molecule has 0 aromatic rings. The topological polar surface area (TPSA) is 78.1 Å². The first-order valence-corrected chi connectivity index (χ1v) is 5.70. The molecule has 3 atom stereocenters. The van der Waals surface area contributed by atoms with Crippen LogP contribution in [0.4, 0.5) is 0 Å². The lowest BCUT2D eigenvalue weighted by atomic mass is 9.77. The maximum Gasteiger partial charge on any atom is 0.0112 e. The summed E-state index contributed by atoms with van der Waals surface area (Å²) in [5, 5.41) is 0. The molecule has 0 bridgehead atoms. The van der Waals surface area contributed by atoms with Gasteiger partial charge in [-0.1, -0.05) is 12.8 Å². The van der Waals surface area contributed by atoms with Crippen molar-refractivity contribution < 1.29 is 0 Å². The van der Waals surface area contributed by atoms with Gasteiger partial charge in [-0.15, -0.1) is 0 Å². The van der Waals surface area contributed by atoms with Crippen LogP contribution in [-0.4, -0.2) is 17.6 Å². The Hall–Kier alpha value is -0.120. The Bertz CT molecular complexity index is 174. The number of hydrogen-bond donors (Lipinski definition) is 3. The molecule has 14 heavy (non-hydrogen) atoms. The summed E-state index contributed by atoms with van der Waals surface area (Å²) in [6.45, 7) is 4.06. The van der Waals surface area contributed by atoms with Gasteiger partial charge in [0, 0.05) is 17.6 Å². The van der Waals surface area contributed by atoms with E-state index in [1.54, 1.807) is 0 Å². The second kappa shape index (κ2) is 4.60. The van der Waals surface area contributed by atoms with Gasteiger partial charge in [0.15, 0.2) is 0 Å². The normalized spacial score (nSPS) is 31.5. The predicted molar refractivity (Wildman–Crippen MR) is 60.8 cm³/mol. The van der Waals surface area contributed by atoms with Crippen LogP contribution < -0.4 is 17.2 Å². The van der Waals surface area contributed by atoms with E-state index in [9.17, 15) is 0 Å². The van der Waals surface area contributed by atoms with Crippen LogP contribution >= 0.6 is 0 Å². The average Bonchev–Trinajstić information content (AvgIpc) is 2.01. The first-order valence-electron chi connectivity index (χ1n) is 5.70. The van der Waals surface area contributed by atoms with Crippen LogP contribution in [0.2, 0.25) is 0 Å². The van der Waals surface area contributed by atoms with E-state index >= 15 is 0 Å². The summed E-state index contributed by atoms with van der Waals surface area (Å²) in [4.78, 5) is 0. The zero-order chi connectivity index (χ0) is 10.8. The molecule has 3 heteroatoms. The maximum atomic E-state index is 6.16. The molecule has 1 aliphatic rings. The molecule has 0 radical (unpaired) electrons. The second-order valence-corrected chi connectivity index (χ2v) is 5.47. The minimum atomic E-state index is -0.170. The molecule has 1 aliphatic carbocycles. The lowest BCUT2D eigenvalue weighted by molar-refractivity contribution is 0.234. The average molecular weight is 199 g/mol. The van der Waals surface area contributed by atoms with Gasteiger partial charge in [0.1, 0.15) is 0 Å². The lowest BCUT2D eigenvalue weighted by Crippen LogP contribution is -2.49. The summed E-state index contributed by atoms with van der Waals surface area (Å²) < 4.78 is 0. The van der Waals surface area contributed by atoms with Gasteiger partial charge in [-0.2, -0.15) is 0 Å². The fourth-order valence-electron chi connectivity index (χ4n) is 2.48. The molecule has 0 heterocycles. The molecule has 1 fully saturated rings. The van der Waals surface area contributed by atoms with E-state index in [1.807, 2.05) is 13.8 Å².